The van der Waals surface area contributed by atoms with Gasteiger partial charge in [-0.15, -0.1) is 0 Å². The molecule has 0 saturated carbocycles. The summed E-state index contributed by atoms with van der Waals surface area (Å²) in [6.07, 6.45) is -3.38. The van der Waals surface area contributed by atoms with Crippen LogP contribution in [0.4, 0.5) is 18.9 Å². The predicted molar refractivity (Wildman–Crippen MR) is 87.8 cm³/mol. The lowest BCUT2D eigenvalue weighted by molar-refractivity contribution is -0.383. The monoisotopic (exact) mass is 363 g/mol. The van der Waals surface area contributed by atoms with E-state index in [2.05, 4.69) is 4.98 Å². The summed E-state index contributed by atoms with van der Waals surface area (Å²) < 4.78 is 40.2. The van der Waals surface area contributed by atoms with Gasteiger partial charge >= 0.3 is 6.18 Å². The van der Waals surface area contributed by atoms with Crippen LogP contribution in [0.3, 0.4) is 0 Å². The molecule has 1 heterocycles. The SMILES string of the molecule is O=c1c2c([N+](=O)[O-])cccc2ncn1CCc1ccccc1C(F)(F)F. The zero-order valence-corrected chi connectivity index (χ0v) is 13.2. The van der Waals surface area contributed by atoms with E-state index >= 15 is 0 Å². The van der Waals surface area contributed by atoms with Crippen LogP contribution in [0.2, 0.25) is 0 Å². The average Bonchev–Trinajstić information content (AvgIpc) is 2.60. The van der Waals surface area contributed by atoms with Gasteiger partial charge in [0.05, 0.1) is 22.3 Å². The summed E-state index contributed by atoms with van der Waals surface area (Å²) >= 11 is 0. The largest absolute Gasteiger partial charge is 0.416 e. The molecule has 0 spiro atoms. The quantitative estimate of drug-likeness (QED) is 0.524. The van der Waals surface area contributed by atoms with Gasteiger partial charge in [0.25, 0.3) is 11.2 Å². The molecule has 0 radical (unpaired) electrons. The molecule has 0 fully saturated rings. The van der Waals surface area contributed by atoms with E-state index in [0.29, 0.717) is 0 Å². The maximum Gasteiger partial charge on any atom is 0.416 e. The lowest BCUT2D eigenvalue weighted by atomic mass is 10.0. The number of non-ortho nitro benzene ring substituents is 1. The Morgan fingerprint density at radius 1 is 1.12 bits per heavy atom. The molecule has 0 aliphatic rings. The molecule has 0 N–H and O–H groups in total. The van der Waals surface area contributed by atoms with Crippen molar-refractivity contribution in [2.75, 3.05) is 0 Å². The van der Waals surface area contributed by atoms with Crippen molar-refractivity contribution in [3.8, 4) is 0 Å². The average molecular weight is 363 g/mol. The summed E-state index contributed by atoms with van der Waals surface area (Å²) in [6, 6.07) is 9.15. The van der Waals surface area contributed by atoms with E-state index in [-0.39, 0.29) is 35.1 Å². The van der Waals surface area contributed by atoms with Crippen molar-refractivity contribution in [1.82, 2.24) is 9.55 Å². The number of aromatic nitrogens is 2. The van der Waals surface area contributed by atoms with Gasteiger partial charge in [-0.2, -0.15) is 13.2 Å². The molecule has 0 unspecified atom stereocenters. The van der Waals surface area contributed by atoms with E-state index in [9.17, 15) is 28.1 Å². The fourth-order valence-corrected chi connectivity index (χ4v) is 2.75. The molecule has 0 bridgehead atoms. The summed E-state index contributed by atoms with van der Waals surface area (Å²) in [5.74, 6) is 0. The van der Waals surface area contributed by atoms with Gasteiger partial charge in [-0.05, 0) is 24.1 Å². The molecular weight excluding hydrogens is 351 g/mol. The third kappa shape index (κ3) is 3.28. The Bertz CT molecular complexity index is 1040. The summed E-state index contributed by atoms with van der Waals surface area (Å²) in [6.45, 7) is -0.0824. The van der Waals surface area contributed by atoms with Crippen LogP contribution in [-0.4, -0.2) is 14.5 Å². The minimum atomic E-state index is -4.50. The number of halogens is 3. The zero-order valence-electron chi connectivity index (χ0n) is 13.2. The molecule has 0 saturated heterocycles. The lowest BCUT2D eigenvalue weighted by Crippen LogP contribution is -2.23. The van der Waals surface area contributed by atoms with E-state index in [1.807, 2.05) is 0 Å². The third-order valence-electron chi connectivity index (χ3n) is 3.97. The highest BCUT2D eigenvalue weighted by Gasteiger charge is 2.32. The number of nitro benzene ring substituents is 1. The van der Waals surface area contributed by atoms with E-state index in [4.69, 9.17) is 0 Å². The smallest absolute Gasteiger partial charge is 0.298 e. The second-order valence-corrected chi connectivity index (χ2v) is 5.58. The number of alkyl halides is 3. The molecule has 0 aliphatic carbocycles. The number of fused-ring (bicyclic) bond motifs is 1. The first-order valence-corrected chi connectivity index (χ1v) is 7.56. The summed E-state index contributed by atoms with van der Waals surface area (Å²) in [7, 11) is 0. The Hall–Kier alpha value is -3.23. The van der Waals surface area contributed by atoms with Crippen LogP contribution in [0.5, 0.6) is 0 Å². The second-order valence-electron chi connectivity index (χ2n) is 5.58. The molecule has 9 heteroatoms. The van der Waals surface area contributed by atoms with Crippen molar-refractivity contribution in [3.63, 3.8) is 0 Å². The van der Waals surface area contributed by atoms with E-state index in [1.165, 1.54) is 42.7 Å². The van der Waals surface area contributed by atoms with Gasteiger partial charge in [0, 0.05) is 12.6 Å². The molecule has 1 aromatic heterocycles. The Balaban J connectivity index is 1.99. The highest BCUT2D eigenvalue weighted by atomic mass is 19.4. The van der Waals surface area contributed by atoms with Crippen LogP contribution in [0.25, 0.3) is 10.9 Å². The molecule has 0 amide bonds. The van der Waals surface area contributed by atoms with Crippen molar-refractivity contribution in [2.45, 2.75) is 19.1 Å². The first kappa shape index (κ1) is 17.6. The highest BCUT2D eigenvalue weighted by molar-refractivity contribution is 5.86. The Morgan fingerprint density at radius 3 is 2.54 bits per heavy atom. The number of nitrogens with zero attached hydrogens (tertiary/aromatic N) is 3. The maximum atomic E-state index is 13.0. The first-order valence-electron chi connectivity index (χ1n) is 7.56. The number of hydrogen-bond donors (Lipinski definition) is 0. The summed E-state index contributed by atoms with van der Waals surface area (Å²) in [4.78, 5) is 27.0. The van der Waals surface area contributed by atoms with Gasteiger partial charge in [0.15, 0.2) is 0 Å². The molecule has 6 nitrogen and oxygen atoms in total. The van der Waals surface area contributed by atoms with E-state index < -0.39 is 22.2 Å². The van der Waals surface area contributed by atoms with Crippen LogP contribution >= 0.6 is 0 Å². The Labute approximate surface area is 144 Å². The second kappa shape index (κ2) is 6.58. The normalized spacial score (nSPS) is 11.7. The minimum absolute atomic E-state index is 0.0366. The summed E-state index contributed by atoms with van der Waals surface area (Å²) in [5, 5.41) is 11.0. The topological polar surface area (TPSA) is 78.0 Å². The van der Waals surface area contributed by atoms with Crippen LogP contribution in [0.1, 0.15) is 11.1 Å². The van der Waals surface area contributed by atoms with Crippen molar-refractivity contribution >= 4 is 16.6 Å². The van der Waals surface area contributed by atoms with Crippen molar-refractivity contribution in [3.05, 3.63) is 80.4 Å². The molecular formula is C17H12F3N3O3. The van der Waals surface area contributed by atoms with Gasteiger partial charge in [-0.1, -0.05) is 24.3 Å². The van der Waals surface area contributed by atoms with Crippen molar-refractivity contribution in [2.24, 2.45) is 0 Å². The van der Waals surface area contributed by atoms with Crippen LogP contribution in [0, 0.1) is 10.1 Å². The number of nitro groups is 1. The molecule has 26 heavy (non-hydrogen) atoms. The zero-order chi connectivity index (χ0) is 18.9. The third-order valence-corrected chi connectivity index (χ3v) is 3.97. The van der Waals surface area contributed by atoms with Gasteiger partial charge < -0.3 is 0 Å². The molecule has 2 aromatic carbocycles. The first-order chi connectivity index (χ1) is 12.3. The minimum Gasteiger partial charge on any atom is -0.298 e. The molecule has 0 atom stereocenters. The Morgan fingerprint density at radius 2 is 1.85 bits per heavy atom. The molecule has 3 aromatic rings. The number of hydrogen-bond acceptors (Lipinski definition) is 4. The predicted octanol–water partition coefficient (Wildman–Crippen LogP) is 3.57. The van der Waals surface area contributed by atoms with Crippen LogP contribution in [0.15, 0.2) is 53.6 Å². The number of rotatable bonds is 4. The lowest BCUT2D eigenvalue weighted by Gasteiger charge is -2.13. The van der Waals surface area contributed by atoms with Gasteiger partial charge in [-0.3, -0.25) is 19.5 Å². The van der Waals surface area contributed by atoms with Gasteiger partial charge in [0.2, 0.25) is 0 Å². The van der Waals surface area contributed by atoms with Gasteiger partial charge in [0.1, 0.15) is 5.39 Å². The Kier molecular flexibility index (Phi) is 4.45. The maximum absolute atomic E-state index is 13.0. The fraction of sp³-hybridized carbons (Fsp3) is 0.176. The van der Waals surface area contributed by atoms with Crippen LogP contribution in [-0.2, 0) is 19.1 Å². The van der Waals surface area contributed by atoms with E-state index in [0.717, 1.165) is 10.6 Å². The van der Waals surface area contributed by atoms with Crippen LogP contribution < -0.4 is 5.56 Å². The highest BCUT2D eigenvalue weighted by Crippen LogP contribution is 2.32. The standard InChI is InChI=1S/C17H12F3N3O3/c18-17(19,20)12-5-2-1-4-11(12)8-9-22-10-21-13-6-3-7-14(23(25)26)15(13)16(22)24/h1-7,10H,8-9H2. The molecule has 0 aliphatic heterocycles. The molecule has 3 rings (SSSR count). The van der Waals surface area contributed by atoms with Crippen molar-refractivity contribution in [1.29, 1.82) is 0 Å². The number of benzene rings is 2. The fourth-order valence-electron chi connectivity index (χ4n) is 2.75. The van der Waals surface area contributed by atoms with Gasteiger partial charge in [-0.25, -0.2) is 4.98 Å². The number of aryl methyl sites for hydroxylation is 2. The van der Waals surface area contributed by atoms with Crippen molar-refractivity contribution < 1.29 is 18.1 Å². The molecule has 134 valence electrons. The van der Waals surface area contributed by atoms with E-state index in [1.54, 1.807) is 0 Å². The summed E-state index contributed by atoms with van der Waals surface area (Å²) in [5.41, 5.74) is -1.62.